The Kier molecular flexibility index (Phi) is 5.41. The summed E-state index contributed by atoms with van der Waals surface area (Å²) < 4.78 is 10.2. The molecule has 100 valence electrons. The van der Waals surface area contributed by atoms with Crippen molar-refractivity contribution in [3.05, 3.63) is 23.8 Å². The molecule has 6 nitrogen and oxygen atoms in total. The minimum absolute atomic E-state index is 0.317. The van der Waals surface area contributed by atoms with Gasteiger partial charge in [0.25, 0.3) is 0 Å². The average molecular weight is 255 g/mol. The maximum atomic E-state index is 10.7. The van der Waals surface area contributed by atoms with Crippen LogP contribution in [0.2, 0.25) is 0 Å². The third kappa shape index (κ3) is 3.61. The molecule has 0 radical (unpaired) electrons. The minimum atomic E-state index is -1.09. The lowest BCUT2D eigenvalue weighted by Crippen LogP contribution is -2.39. The lowest BCUT2D eigenvalue weighted by atomic mass is 10.2. The molecule has 1 rings (SSSR count). The van der Waals surface area contributed by atoms with Gasteiger partial charge in [0.2, 0.25) is 0 Å². The molecule has 1 aromatic carbocycles. The molecule has 0 aliphatic rings. The maximum Gasteiger partial charge on any atom is 0.323 e. The Hall–Kier alpha value is -1.79. The van der Waals surface area contributed by atoms with Gasteiger partial charge < -0.3 is 19.7 Å². The first-order valence-electron chi connectivity index (χ1n) is 5.40. The highest BCUT2D eigenvalue weighted by Gasteiger charge is 2.15. The zero-order valence-corrected chi connectivity index (χ0v) is 10.3. The molecular formula is C12H17NO5. The summed E-state index contributed by atoms with van der Waals surface area (Å²) in [6.07, 6.45) is 0. The highest BCUT2D eigenvalue weighted by molar-refractivity contribution is 5.73. The van der Waals surface area contributed by atoms with Crippen LogP contribution in [0.4, 0.5) is 0 Å². The van der Waals surface area contributed by atoms with Crippen LogP contribution in [-0.2, 0) is 11.3 Å². The number of aliphatic carboxylic acids is 1. The van der Waals surface area contributed by atoms with Gasteiger partial charge in [-0.3, -0.25) is 10.1 Å². The lowest BCUT2D eigenvalue weighted by molar-refractivity contribution is -0.140. The summed E-state index contributed by atoms with van der Waals surface area (Å²) in [5.74, 6) is 0.101. The van der Waals surface area contributed by atoms with Crippen molar-refractivity contribution in [1.82, 2.24) is 5.32 Å². The number of benzene rings is 1. The molecule has 0 fully saturated rings. The van der Waals surface area contributed by atoms with E-state index in [9.17, 15) is 4.79 Å². The van der Waals surface area contributed by atoms with E-state index in [-0.39, 0.29) is 0 Å². The molecule has 1 atom stereocenters. The second kappa shape index (κ2) is 6.83. The summed E-state index contributed by atoms with van der Waals surface area (Å²) in [6, 6.07) is 4.32. The summed E-state index contributed by atoms with van der Waals surface area (Å²) in [5, 5.41) is 20.4. The summed E-state index contributed by atoms with van der Waals surface area (Å²) in [5.41, 5.74) is 0.840. The van der Waals surface area contributed by atoms with Crippen LogP contribution in [0.25, 0.3) is 0 Å². The normalized spacial score (nSPS) is 11.9. The third-order valence-corrected chi connectivity index (χ3v) is 2.48. The van der Waals surface area contributed by atoms with Crippen molar-refractivity contribution in [1.29, 1.82) is 0 Å². The monoisotopic (exact) mass is 255 g/mol. The number of hydrogen-bond acceptors (Lipinski definition) is 5. The SMILES string of the molecule is COc1ccc(CNC(CO)C(=O)O)cc1OC. The van der Waals surface area contributed by atoms with Gasteiger partial charge in [0.15, 0.2) is 11.5 Å². The topological polar surface area (TPSA) is 88.0 Å². The fraction of sp³-hybridized carbons (Fsp3) is 0.417. The van der Waals surface area contributed by atoms with Gasteiger partial charge >= 0.3 is 5.97 Å². The quantitative estimate of drug-likeness (QED) is 0.647. The molecule has 6 heteroatoms. The van der Waals surface area contributed by atoms with Gasteiger partial charge in [-0.25, -0.2) is 0 Å². The van der Waals surface area contributed by atoms with Crippen LogP contribution in [0.5, 0.6) is 11.5 Å². The number of methoxy groups -OCH3 is 2. The Morgan fingerprint density at radius 2 is 2.00 bits per heavy atom. The molecule has 1 aromatic rings. The van der Waals surface area contributed by atoms with Gasteiger partial charge in [0, 0.05) is 6.54 Å². The summed E-state index contributed by atoms with van der Waals surface area (Å²) in [6.45, 7) is -0.138. The van der Waals surface area contributed by atoms with Crippen LogP contribution in [0.1, 0.15) is 5.56 Å². The number of carbonyl (C=O) groups is 1. The van der Waals surface area contributed by atoms with E-state index in [1.165, 1.54) is 7.11 Å². The van der Waals surface area contributed by atoms with E-state index in [1.54, 1.807) is 25.3 Å². The second-order valence-corrected chi connectivity index (χ2v) is 3.64. The Bertz CT molecular complexity index is 407. The van der Waals surface area contributed by atoms with Crippen LogP contribution >= 0.6 is 0 Å². The highest BCUT2D eigenvalue weighted by atomic mass is 16.5. The van der Waals surface area contributed by atoms with Crippen molar-refractivity contribution in [2.24, 2.45) is 0 Å². The van der Waals surface area contributed by atoms with Gasteiger partial charge in [0.1, 0.15) is 6.04 Å². The fourth-order valence-corrected chi connectivity index (χ4v) is 1.46. The fourth-order valence-electron chi connectivity index (χ4n) is 1.46. The predicted octanol–water partition coefficient (Wildman–Crippen LogP) is 0.239. The van der Waals surface area contributed by atoms with Crippen LogP contribution in [0.3, 0.4) is 0 Å². The van der Waals surface area contributed by atoms with E-state index in [2.05, 4.69) is 5.32 Å². The molecule has 18 heavy (non-hydrogen) atoms. The minimum Gasteiger partial charge on any atom is -0.493 e. The summed E-state index contributed by atoms with van der Waals surface area (Å²) in [4.78, 5) is 10.7. The standard InChI is InChI=1S/C12H17NO5/c1-17-10-4-3-8(5-11(10)18-2)6-13-9(7-14)12(15)16/h3-5,9,13-14H,6-7H2,1-2H3,(H,15,16). The van der Waals surface area contributed by atoms with Crippen LogP contribution in [0.15, 0.2) is 18.2 Å². The largest absolute Gasteiger partial charge is 0.493 e. The zero-order valence-electron chi connectivity index (χ0n) is 10.3. The number of nitrogens with one attached hydrogen (secondary N) is 1. The van der Waals surface area contributed by atoms with Crippen molar-refractivity contribution >= 4 is 5.97 Å². The number of carboxylic acids is 1. The number of aliphatic hydroxyl groups is 1. The molecule has 1 unspecified atom stereocenters. The van der Waals surface area contributed by atoms with Crippen molar-refractivity contribution in [2.75, 3.05) is 20.8 Å². The molecule has 0 aliphatic heterocycles. The Labute approximate surface area is 105 Å². The Morgan fingerprint density at radius 3 is 2.50 bits per heavy atom. The third-order valence-electron chi connectivity index (χ3n) is 2.48. The first-order chi connectivity index (χ1) is 8.62. The number of ether oxygens (including phenoxy) is 2. The molecule has 0 saturated carbocycles. The predicted molar refractivity (Wildman–Crippen MR) is 64.9 cm³/mol. The van der Waals surface area contributed by atoms with E-state index >= 15 is 0 Å². The van der Waals surface area contributed by atoms with E-state index in [0.29, 0.717) is 18.0 Å². The molecule has 0 aromatic heterocycles. The molecule has 0 spiro atoms. The van der Waals surface area contributed by atoms with Crippen molar-refractivity contribution in [3.8, 4) is 11.5 Å². The molecule has 3 N–H and O–H groups in total. The average Bonchev–Trinajstić information content (AvgIpc) is 2.38. The van der Waals surface area contributed by atoms with Gasteiger partial charge in [-0.05, 0) is 17.7 Å². The second-order valence-electron chi connectivity index (χ2n) is 3.64. The first kappa shape index (κ1) is 14.3. The maximum absolute atomic E-state index is 10.7. The van der Waals surface area contributed by atoms with Gasteiger partial charge in [-0.1, -0.05) is 6.07 Å². The van der Waals surface area contributed by atoms with Crippen LogP contribution < -0.4 is 14.8 Å². The number of aliphatic hydroxyl groups excluding tert-OH is 1. The lowest BCUT2D eigenvalue weighted by Gasteiger charge is -2.13. The summed E-state index contributed by atoms with van der Waals surface area (Å²) in [7, 11) is 3.07. The van der Waals surface area contributed by atoms with E-state index in [4.69, 9.17) is 19.7 Å². The number of hydrogen-bond donors (Lipinski definition) is 3. The van der Waals surface area contributed by atoms with Gasteiger partial charge in [-0.15, -0.1) is 0 Å². The van der Waals surface area contributed by atoms with E-state index < -0.39 is 18.6 Å². The smallest absolute Gasteiger partial charge is 0.323 e. The molecule has 0 amide bonds. The summed E-state index contributed by atoms with van der Waals surface area (Å²) >= 11 is 0. The van der Waals surface area contributed by atoms with Crippen LogP contribution in [0, 0.1) is 0 Å². The zero-order chi connectivity index (χ0) is 13.5. The number of rotatable bonds is 7. The van der Waals surface area contributed by atoms with E-state index in [0.717, 1.165) is 5.56 Å². The molecule has 0 bridgehead atoms. The van der Waals surface area contributed by atoms with Crippen molar-refractivity contribution in [3.63, 3.8) is 0 Å². The molecule has 0 saturated heterocycles. The van der Waals surface area contributed by atoms with Gasteiger partial charge in [-0.2, -0.15) is 0 Å². The first-order valence-corrected chi connectivity index (χ1v) is 5.40. The van der Waals surface area contributed by atoms with Gasteiger partial charge in [0.05, 0.1) is 20.8 Å². The highest BCUT2D eigenvalue weighted by Crippen LogP contribution is 2.27. The Balaban J connectivity index is 2.70. The molecule has 0 heterocycles. The van der Waals surface area contributed by atoms with E-state index in [1.807, 2.05) is 0 Å². The van der Waals surface area contributed by atoms with Crippen molar-refractivity contribution < 1.29 is 24.5 Å². The van der Waals surface area contributed by atoms with Crippen molar-refractivity contribution in [2.45, 2.75) is 12.6 Å². The Morgan fingerprint density at radius 1 is 1.33 bits per heavy atom. The number of carboxylic acid groups (broad SMARTS) is 1. The molecule has 0 aliphatic carbocycles. The molecular weight excluding hydrogens is 238 g/mol. The van der Waals surface area contributed by atoms with Crippen LogP contribution in [-0.4, -0.2) is 43.1 Å².